The Bertz CT molecular complexity index is 484. The van der Waals surface area contributed by atoms with Crippen LogP contribution in [0.25, 0.3) is 0 Å². The van der Waals surface area contributed by atoms with Gasteiger partial charge in [0.2, 0.25) is 5.91 Å². The van der Waals surface area contributed by atoms with Crippen LogP contribution in [-0.2, 0) is 4.79 Å². The van der Waals surface area contributed by atoms with Crippen LogP contribution in [0.15, 0.2) is 18.2 Å². The smallest absolute Gasteiger partial charge is 0.251 e. The second-order valence-corrected chi connectivity index (χ2v) is 4.97. The largest absolute Gasteiger partial charge is 0.352 e. The van der Waals surface area contributed by atoms with Crippen molar-refractivity contribution in [2.45, 2.75) is 33.7 Å². The number of amides is 2. The maximum atomic E-state index is 11.8. The number of rotatable bonds is 6. The molecule has 1 aromatic carbocycles. The van der Waals surface area contributed by atoms with Gasteiger partial charge in [-0.15, -0.1) is 0 Å². The van der Waals surface area contributed by atoms with E-state index in [-0.39, 0.29) is 24.4 Å². The van der Waals surface area contributed by atoms with Crippen LogP contribution < -0.4 is 16.0 Å². The Labute approximate surface area is 120 Å². The van der Waals surface area contributed by atoms with Crippen LogP contribution in [0.1, 0.15) is 36.7 Å². The molecule has 5 nitrogen and oxygen atoms in total. The highest BCUT2D eigenvalue weighted by Gasteiger charge is 2.09. The van der Waals surface area contributed by atoms with Crippen LogP contribution in [-0.4, -0.2) is 30.9 Å². The van der Waals surface area contributed by atoms with Gasteiger partial charge >= 0.3 is 0 Å². The number of anilines is 1. The van der Waals surface area contributed by atoms with Crippen molar-refractivity contribution >= 4 is 17.5 Å². The van der Waals surface area contributed by atoms with Crippen molar-refractivity contribution in [3.05, 3.63) is 29.3 Å². The second kappa shape index (κ2) is 7.65. The first-order valence-electron chi connectivity index (χ1n) is 6.86. The van der Waals surface area contributed by atoms with Gasteiger partial charge in [-0.3, -0.25) is 9.59 Å². The van der Waals surface area contributed by atoms with E-state index in [4.69, 9.17) is 0 Å². The van der Waals surface area contributed by atoms with Crippen LogP contribution in [0.5, 0.6) is 0 Å². The summed E-state index contributed by atoms with van der Waals surface area (Å²) in [6, 6.07) is 5.54. The Hall–Kier alpha value is -1.88. The SMILES string of the molecule is CCNC(=O)c1ccc(C)c(NC(=O)CNC(C)C)c1. The zero-order valence-corrected chi connectivity index (χ0v) is 12.5. The van der Waals surface area contributed by atoms with Crippen LogP contribution in [0.2, 0.25) is 0 Å². The van der Waals surface area contributed by atoms with Gasteiger partial charge in [-0.1, -0.05) is 19.9 Å². The molecular weight excluding hydrogens is 254 g/mol. The maximum Gasteiger partial charge on any atom is 0.251 e. The Morgan fingerprint density at radius 1 is 1.25 bits per heavy atom. The van der Waals surface area contributed by atoms with E-state index in [1.807, 2.05) is 33.8 Å². The summed E-state index contributed by atoms with van der Waals surface area (Å²) in [7, 11) is 0. The third-order valence-corrected chi connectivity index (χ3v) is 2.78. The second-order valence-electron chi connectivity index (χ2n) is 4.97. The number of carbonyl (C=O) groups excluding carboxylic acids is 2. The topological polar surface area (TPSA) is 70.2 Å². The Morgan fingerprint density at radius 3 is 2.55 bits per heavy atom. The number of hydrogen-bond acceptors (Lipinski definition) is 3. The summed E-state index contributed by atoms with van der Waals surface area (Å²) in [6.07, 6.45) is 0. The number of hydrogen-bond donors (Lipinski definition) is 3. The number of carbonyl (C=O) groups is 2. The van der Waals surface area contributed by atoms with Crippen molar-refractivity contribution in [1.29, 1.82) is 0 Å². The highest BCUT2D eigenvalue weighted by molar-refractivity contribution is 5.98. The van der Waals surface area contributed by atoms with E-state index in [1.165, 1.54) is 0 Å². The molecule has 0 aliphatic rings. The van der Waals surface area contributed by atoms with E-state index in [0.717, 1.165) is 5.56 Å². The van der Waals surface area contributed by atoms with Gasteiger partial charge in [0.25, 0.3) is 5.91 Å². The van der Waals surface area contributed by atoms with Gasteiger partial charge in [-0.2, -0.15) is 0 Å². The van der Waals surface area contributed by atoms with Crippen molar-refractivity contribution in [3.63, 3.8) is 0 Å². The molecule has 5 heteroatoms. The quantitative estimate of drug-likeness (QED) is 0.741. The van der Waals surface area contributed by atoms with E-state index in [9.17, 15) is 9.59 Å². The van der Waals surface area contributed by atoms with Crippen molar-refractivity contribution in [2.75, 3.05) is 18.4 Å². The Kier molecular flexibility index (Phi) is 6.18. The summed E-state index contributed by atoms with van der Waals surface area (Å²) in [5.74, 6) is -0.252. The summed E-state index contributed by atoms with van der Waals surface area (Å²) in [4.78, 5) is 23.6. The van der Waals surface area contributed by atoms with Gasteiger partial charge in [-0.25, -0.2) is 0 Å². The lowest BCUT2D eigenvalue weighted by molar-refractivity contribution is -0.115. The van der Waals surface area contributed by atoms with Crippen LogP contribution in [0, 0.1) is 6.92 Å². The minimum atomic E-state index is -0.136. The normalized spacial score (nSPS) is 10.4. The van der Waals surface area contributed by atoms with Crippen LogP contribution in [0.3, 0.4) is 0 Å². The van der Waals surface area contributed by atoms with Crippen LogP contribution >= 0.6 is 0 Å². The van der Waals surface area contributed by atoms with Gasteiger partial charge in [0, 0.05) is 23.8 Å². The van der Waals surface area contributed by atoms with E-state index in [1.54, 1.807) is 12.1 Å². The zero-order chi connectivity index (χ0) is 15.1. The van der Waals surface area contributed by atoms with Gasteiger partial charge in [0.05, 0.1) is 6.54 Å². The molecule has 2 amide bonds. The molecule has 1 rings (SSSR count). The first-order chi connectivity index (χ1) is 9.43. The molecule has 0 heterocycles. The van der Waals surface area contributed by atoms with Crippen molar-refractivity contribution in [1.82, 2.24) is 10.6 Å². The molecule has 0 saturated heterocycles. The lowest BCUT2D eigenvalue weighted by atomic mass is 10.1. The predicted octanol–water partition coefficient (Wildman–Crippen LogP) is 1.68. The highest BCUT2D eigenvalue weighted by atomic mass is 16.2. The number of benzene rings is 1. The first-order valence-corrected chi connectivity index (χ1v) is 6.86. The third kappa shape index (κ3) is 5.01. The third-order valence-electron chi connectivity index (χ3n) is 2.78. The number of nitrogens with one attached hydrogen (secondary N) is 3. The summed E-state index contributed by atoms with van der Waals surface area (Å²) >= 11 is 0. The van der Waals surface area contributed by atoms with Crippen molar-refractivity contribution in [2.24, 2.45) is 0 Å². The van der Waals surface area contributed by atoms with Crippen molar-refractivity contribution < 1.29 is 9.59 Å². The average molecular weight is 277 g/mol. The van der Waals surface area contributed by atoms with Gasteiger partial charge < -0.3 is 16.0 Å². The minimum Gasteiger partial charge on any atom is -0.352 e. The van der Waals surface area contributed by atoms with E-state index >= 15 is 0 Å². The molecule has 0 unspecified atom stereocenters. The fraction of sp³-hybridized carbons (Fsp3) is 0.467. The molecule has 0 saturated carbocycles. The first kappa shape index (κ1) is 16.2. The van der Waals surface area contributed by atoms with Crippen molar-refractivity contribution in [3.8, 4) is 0 Å². The van der Waals surface area contributed by atoms with Gasteiger partial charge in [0.1, 0.15) is 0 Å². The average Bonchev–Trinajstić information content (AvgIpc) is 2.39. The lowest BCUT2D eigenvalue weighted by Crippen LogP contribution is -2.32. The molecule has 0 aromatic heterocycles. The predicted molar refractivity (Wildman–Crippen MR) is 81.0 cm³/mol. The van der Waals surface area contributed by atoms with Crippen LogP contribution in [0.4, 0.5) is 5.69 Å². The molecule has 0 fully saturated rings. The molecule has 20 heavy (non-hydrogen) atoms. The molecule has 0 aliphatic carbocycles. The molecule has 0 bridgehead atoms. The minimum absolute atomic E-state index is 0.116. The fourth-order valence-corrected chi connectivity index (χ4v) is 1.65. The lowest BCUT2D eigenvalue weighted by Gasteiger charge is -2.12. The monoisotopic (exact) mass is 277 g/mol. The standard InChI is InChI=1S/C15H23N3O2/c1-5-16-15(20)12-7-6-11(4)13(8-12)18-14(19)9-17-10(2)3/h6-8,10,17H,5,9H2,1-4H3,(H,16,20)(H,18,19). The summed E-state index contributed by atoms with van der Waals surface area (Å²) in [5, 5.41) is 8.61. The van der Waals surface area contributed by atoms with E-state index in [2.05, 4.69) is 16.0 Å². The van der Waals surface area contributed by atoms with E-state index in [0.29, 0.717) is 17.8 Å². The maximum absolute atomic E-state index is 11.8. The fourth-order valence-electron chi connectivity index (χ4n) is 1.65. The molecule has 0 atom stereocenters. The summed E-state index contributed by atoms with van der Waals surface area (Å²) in [6.45, 7) is 8.55. The summed E-state index contributed by atoms with van der Waals surface area (Å²) in [5.41, 5.74) is 2.14. The van der Waals surface area contributed by atoms with Gasteiger partial charge in [-0.05, 0) is 31.5 Å². The van der Waals surface area contributed by atoms with E-state index < -0.39 is 0 Å². The molecule has 3 N–H and O–H groups in total. The Balaban J connectivity index is 2.76. The van der Waals surface area contributed by atoms with Gasteiger partial charge in [0.15, 0.2) is 0 Å². The molecule has 0 aliphatic heterocycles. The Morgan fingerprint density at radius 2 is 1.95 bits per heavy atom. The zero-order valence-electron chi connectivity index (χ0n) is 12.5. The molecule has 0 spiro atoms. The molecule has 110 valence electrons. The highest BCUT2D eigenvalue weighted by Crippen LogP contribution is 2.16. The number of aryl methyl sites for hydroxylation is 1. The molecular formula is C15H23N3O2. The summed E-state index contributed by atoms with van der Waals surface area (Å²) < 4.78 is 0. The molecule has 0 radical (unpaired) electrons. The molecule has 1 aromatic rings.